The molecule has 4 nitrogen and oxygen atoms in total. The molecule has 0 bridgehead atoms. The Kier molecular flexibility index (Phi) is 7.33. The first-order valence-corrected chi connectivity index (χ1v) is 9.99. The van der Waals surface area contributed by atoms with Gasteiger partial charge >= 0.3 is 0 Å². The zero-order chi connectivity index (χ0) is 21.3. The molecule has 0 fully saturated rings. The van der Waals surface area contributed by atoms with Gasteiger partial charge in [0.1, 0.15) is 11.9 Å². The van der Waals surface area contributed by atoms with Crippen LogP contribution in [0.2, 0.25) is 0 Å². The minimum absolute atomic E-state index is 0.150. The maximum absolute atomic E-state index is 13.3. The first-order valence-electron chi connectivity index (χ1n) is 9.99. The van der Waals surface area contributed by atoms with Gasteiger partial charge in [-0.1, -0.05) is 79.7 Å². The summed E-state index contributed by atoms with van der Waals surface area (Å²) in [5, 5.41) is 2.96. The van der Waals surface area contributed by atoms with E-state index in [1.54, 1.807) is 24.0 Å². The minimum Gasteiger partial charge on any atom is -0.350 e. The molecule has 5 heteroatoms. The number of hydrogen-bond acceptors (Lipinski definition) is 2. The summed E-state index contributed by atoms with van der Waals surface area (Å²) in [6, 6.07) is 24.1. The van der Waals surface area contributed by atoms with E-state index in [0.29, 0.717) is 6.54 Å². The predicted octanol–water partition coefficient (Wildman–Crippen LogP) is 4.62. The van der Waals surface area contributed by atoms with E-state index in [0.717, 1.165) is 16.7 Å². The smallest absolute Gasteiger partial charge is 0.247 e. The summed E-state index contributed by atoms with van der Waals surface area (Å²) in [6.07, 6.45) is 0.260. The molecule has 0 aliphatic heterocycles. The third kappa shape index (κ3) is 5.54. The van der Waals surface area contributed by atoms with E-state index in [9.17, 15) is 14.0 Å². The Balaban J connectivity index is 1.89. The standard InChI is InChI=1S/C25H25FN2O2/c1-2-23(29)28(18-20-13-15-22(26)16-14-20)24(21-11-7-4-8-12-21)25(30)27-17-19-9-5-3-6-10-19/h3-16,24H,2,17-18H2,1H3,(H,27,30)/t24-/m1/s1. The minimum atomic E-state index is -0.785. The second kappa shape index (κ2) is 10.3. The molecule has 1 atom stereocenters. The molecule has 3 aromatic rings. The van der Waals surface area contributed by atoms with Crippen LogP contribution in [0.4, 0.5) is 4.39 Å². The van der Waals surface area contributed by atoms with Gasteiger partial charge in [-0.05, 0) is 28.8 Å². The molecule has 30 heavy (non-hydrogen) atoms. The van der Waals surface area contributed by atoms with Crippen LogP contribution in [0.15, 0.2) is 84.9 Å². The molecule has 154 valence electrons. The molecule has 1 N–H and O–H groups in total. The molecule has 0 heterocycles. The second-order valence-electron chi connectivity index (χ2n) is 7.02. The van der Waals surface area contributed by atoms with Crippen LogP contribution >= 0.6 is 0 Å². The lowest BCUT2D eigenvalue weighted by atomic mass is 10.0. The van der Waals surface area contributed by atoms with Crippen LogP contribution in [-0.4, -0.2) is 16.7 Å². The average Bonchev–Trinajstić information content (AvgIpc) is 2.79. The molecule has 0 saturated heterocycles. The zero-order valence-corrected chi connectivity index (χ0v) is 16.9. The first kappa shape index (κ1) is 21.2. The molecule has 0 aliphatic carbocycles. The van der Waals surface area contributed by atoms with Crippen LogP contribution in [-0.2, 0) is 22.7 Å². The van der Waals surface area contributed by atoms with Crippen molar-refractivity contribution in [2.75, 3.05) is 0 Å². The normalized spacial score (nSPS) is 11.5. The van der Waals surface area contributed by atoms with Gasteiger partial charge in [-0.3, -0.25) is 9.59 Å². The van der Waals surface area contributed by atoms with E-state index in [1.807, 2.05) is 60.7 Å². The topological polar surface area (TPSA) is 49.4 Å². The number of nitrogens with zero attached hydrogens (tertiary/aromatic N) is 1. The number of rotatable bonds is 8. The number of nitrogens with one attached hydrogen (secondary N) is 1. The number of carbonyl (C=O) groups excluding carboxylic acids is 2. The summed E-state index contributed by atoms with van der Waals surface area (Å²) in [5.41, 5.74) is 2.46. The third-order valence-electron chi connectivity index (χ3n) is 4.87. The van der Waals surface area contributed by atoms with Gasteiger partial charge in [0, 0.05) is 19.5 Å². The monoisotopic (exact) mass is 404 g/mol. The average molecular weight is 404 g/mol. The van der Waals surface area contributed by atoms with Crippen LogP contribution in [0.5, 0.6) is 0 Å². The SMILES string of the molecule is CCC(=O)N(Cc1ccc(F)cc1)[C@@H](C(=O)NCc1ccccc1)c1ccccc1. The number of hydrogen-bond donors (Lipinski definition) is 1. The highest BCUT2D eigenvalue weighted by atomic mass is 19.1. The lowest BCUT2D eigenvalue weighted by Crippen LogP contribution is -2.43. The highest BCUT2D eigenvalue weighted by molar-refractivity contribution is 5.88. The van der Waals surface area contributed by atoms with Gasteiger partial charge in [-0.15, -0.1) is 0 Å². The van der Waals surface area contributed by atoms with E-state index in [-0.39, 0.29) is 30.6 Å². The molecule has 0 radical (unpaired) electrons. The summed E-state index contributed by atoms with van der Waals surface area (Å²) in [4.78, 5) is 27.7. The molecular formula is C25H25FN2O2. The van der Waals surface area contributed by atoms with E-state index in [1.165, 1.54) is 12.1 Å². The number of halogens is 1. The fraction of sp³-hybridized carbons (Fsp3) is 0.200. The van der Waals surface area contributed by atoms with E-state index in [4.69, 9.17) is 0 Å². The van der Waals surface area contributed by atoms with Crippen LogP contribution in [0, 0.1) is 5.82 Å². The molecule has 0 spiro atoms. The Morgan fingerprint density at radius 2 is 1.47 bits per heavy atom. The van der Waals surface area contributed by atoms with Crippen molar-refractivity contribution in [3.63, 3.8) is 0 Å². The van der Waals surface area contributed by atoms with Crippen molar-refractivity contribution in [1.29, 1.82) is 0 Å². The Bertz CT molecular complexity index is 959. The van der Waals surface area contributed by atoms with Crippen LogP contribution in [0.1, 0.15) is 36.1 Å². The quantitative estimate of drug-likeness (QED) is 0.595. The largest absolute Gasteiger partial charge is 0.350 e. The van der Waals surface area contributed by atoms with Crippen molar-refractivity contribution < 1.29 is 14.0 Å². The highest BCUT2D eigenvalue weighted by Crippen LogP contribution is 2.25. The number of benzene rings is 3. The second-order valence-corrected chi connectivity index (χ2v) is 7.02. The van der Waals surface area contributed by atoms with E-state index >= 15 is 0 Å². The Hall–Kier alpha value is -3.47. The zero-order valence-electron chi connectivity index (χ0n) is 16.9. The van der Waals surface area contributed by atoms with Crippen LogP contribution in [0.3, 0.4) is 0 Å². The molecule has 0 aliphatic rings. The molecule has 3 rings (SSSR count). The third-order valence-corrected chi connectivity index (χ3v) is 4.87. The van der Waals surface area contributed by atoms with Gasteiger partial charge in [0.05, 0.1) is 0 Å². The van der Waals surface area contributed by atoms with Gasteiger partial charge in [0.25, 0.3) is 0 Å². The van der Waals surface area contributed by atoms with Crippen LogP contribution < -0.4 is 5.32 Å². The van der Waals surface area contributed by atoms with Crippen molar-refractivity contribution in [1.82, 2.24) is 10.2 Å². The van der Waals surface area contributed by atoms with Crippen molar-refractivity contribution in [2.45, 2.75) is 32.5 Å². The van der Waals surface area contributed by atoms with Gasteiger partial charge in [-0.25, -0.2) is 4.39 Å². The summed E-state index contributed by atoms with van der Waals surface area (Å²) in [7, 11) is 0. The summed E-state index contributed by atoms with van der Waals surface area (Å²) >= 11 is 0. The van der Waals surface area contributed by atoms with Crippen molar-refractivity contribution in [2.24, 2.45) is 0 Å². The molecule has 0 aromatic heterocycles. The molecule has 0 saturated carbocycles. The summed E-state index contributed by atoms with van der Waals surface area (Å²) in [5.74, 6) is -0.746. The lowest BCUT2D eigenvalue weighted by Gasteiger charge is -2.31. The van der Waals surface area contributed by atoms with Gasteiger partial charge in [0.2, 0.25) is 11.8 Å². The fourth-order valence-corrected chi connectivity index (χ4v) is 3.30. The van der Waals surface area contributed by atoms with Crippen LogP contribution in [0.25, 0.3) is 0 Å². The van der Waals surface area contributed by atoms with Gasteiger partial charge < -0.3 is 10.2 Å². The van der Waals surface area contributed by atoms with E-state index in [2.05, 4.69) is 5.32 Å². The van der Waals surface area contributed by atoms with Crippen molar-refractivity contribution in [3.05, 3.63) is 107 Å². The maximum Gasteiger partial charge on any atom is 0.247 e. The Morgan fingerprint density at radius 3 is 2.07 bits per heavy atom. The molecule has 2 amide bonds. The Labute approximate surface area is 176 Å². The molecule has 3 aromatic carbocycles. The van der Waals surface area contributed by atoms with E-state index < -0.39 is 6.04 Å². The van der Waals surface area contributed by atoms with Gasteiger partial charge in [-0.2, -0.15) is 0 Å². The predicted molar refractivity (Wildman–Crippen MR) is 115 cm³/mol. The van der Waals surface area contributed by atoms with Gasteiger partial charge in [0.15, 0.2) is 0 Å². The fourth-order valence-electron chi connectivity index (χ4n) is 3.30. The number of carbonyl (C=O) groups is 2. The Morgan fingerprint density at radius 1 is 0.867 bits per heavy atom. The lowest BCUT2D eigenvalue weighted by molar-refractivity contribution is -0.141. The van der Waals surface area contributed by atoms with Crippen molar-refractivity contribution >= 4 is 11.8 Å². The summed E-state index contributed by atoms with van der Waals surface area (Å²) in [6.45, 7) is 2.35. The molecule has 0 unspecified atom stereocenters. The summed E-state index contributed by atoms with van der Waals surface area (Å²) < 4.78 is 13.3. The first-order chi connectivity index (χ1) is 14.6. The molecular weight excluding hydrogens is 379 g/mol. The number of amides is 2. The van der Waals surface area contributed by atoms with Crippen molar-refractivity contribution in [3.8, 4) is 0 Å². The maximum atomic E-state index is 13.3. The highest BCUT2D eigenvalue weighted by Gasteiger charge is 2.30.